The quantitative estimate of drug-likeness (QED) is 0.637. The van der Waals surface area contributed by atoms with E-state index >= 15 is 0 Å². The molecule has 0 radical (unpaired) electrons. The fraction of sp³-hybridized carbons (Fsp3) is 0.280. The van der Waals surface area contributed by atoms with Crippen LogP contribution in [0.4, 0.5) is 0 Å². The van der Waals surface area contributed by atoms with Crippen LogP contribution in [0.15, 0.2) is 78.9 Å². The van der Waals surface area contributed by atoms with Crippen molar-refractivity contribution < 1.29 is 4.74 Å². The second kappa shape index (κ2) is 7.21. The minimum absolute atomic E-state index is 0.284. The third-order valence-corrected chi connectivity index (χ3v) is 5.87. The number of ether oxygens (including phenoxy) is 1. The van der Waals surface area contributed by atoms with Gasteiger partial charge in [-0.3, -0.25) is 4.90 Å². The van der Waals surface area contributed by atoms with Gasteiger partial charge in [-0.2, -0.15) is 0 Å². The molecule has 136 valence electrons. The van der Waals surface area contributed by atoms with E-state index in [1.54, 1.807) is 0 Å². The Kier molecular flexibility index (Phi) is 4.43. The molecule has 0 unspecified atom stereocenters. The summed E-state index contributed by atoms with van der Waals surface area (Å²) in [5.41, 5.74) is 5.62. The van der Waals surface area contributed by atoms with Gasteiger partial charge in [0.25, 0.3) is 0 Å². The minimum Gasteiger partial charge on any atom is -0.487 e. The van der Waals surface area contributed by atoms with E-state index in [0.29, 0.717) is 6.04 Å². The maximum absolute atomic E-state index is 6.40. The number of benzene rings is 3. The van der Waals surface area contributed by atoms with Crippen LogP contribution in [0.5, 0.6) is 5.75 Å². The molecular weight excluding hydrogens is 330 g/mol. The van der Waals surface area contributed by atoms with Crippen LogP contribution in [0.2, 0.25) is 0 Å². The van der Waals surface area contributed by atoms with Gasteiger partial charge < -0.3 is 4.74 Å². The van der Waals surface area contributed by atoms with E-state index in [0.717, 1.165) is 18.8 Å². The Bertz CT molecular complexity index is 861. The molecule has 0 N–H and O–H groups in total. The largest absolute Gasteiger partial charge is 0.487 e. The molecule has 3 aromatic carbocycles. The number of hydrogen-bond acceptors (Lipinski definition) is 2. The van der Waals surface area contributed by atoms with Crippen molar-refractivity contribution in [3.8, 4) is 5.75 Å². The van der Waals surface area contributed by atoms with Crippen molar-refractivity contribution in [3.05, 3.63) is 101 Å². The molecule has 2 nitrogen and oxygen atoms in total. The second-order valence-electron chi connectivity index (χ2n) is 7.67. The first-order valence-corrected chi connectivity index (χ1v) is 10.00. The molecular formula is C25H25NO. The van der Waals surface area contributed by atoms with Gasteiger partial charge in [0, 0.05) is 13.1 Å². The Hall–Kier alpha value is -2.58. The predicted molar refractivity (Wildman–Crippen MR) is 109 cm³/mol. The number of likely N-dealkylation sites (tertiary alicyclic amines) is 1. The van der Waals surface area contributed by atoms with E-state index in [2.05, 4.69) is 83.8 Å². The fourth-order valence-electron chi connectivity index (χ4n) is 4.51. The number of hydrogen-bond donors (Lipinski definition) is 0. The number of fused-ring (bicyclic) bond motifs is 1. The summed E-state index contributed by atoms with van der Waals surface area (Å²) in [5.74, 6) is 1.12. The lowest BCUT2D eigenvalue weighted by Crippen LogP contribution is -2.55. The highest BCUT2D eigenvalue weighted by Gasteiger charge is 2.35. The van der Waals surface area contributed by atoms with Crippen molar-refractivity contribution in [1.29, 1.82) is 0 Å². The topological polar surface area (TPSA) is 12.5 Å². The molecule has 5 rings (SSSR count). The lowest BCUT2D eigenvalue weighted by Gasteiger charge is -2.44. The van der Waals surface area contributed by atoms with Crippen LogP contribution in [0.3, 0.4) is 0 Å². The lowest BCUT2D eigenvalue weighted by molar-refractivity contribution is -0.000162. The Morgan fingerprint density at radius 1 is 0.741 bits per heavy atom. The first-order valence-electron chi connectivity index (χ1n) is 10.00. The lowest BCUT2D eigenvalue weighted by atomic mass is 9.94. The monoisotopic (exact) mass is 355 g/mol. The highest BCUT2D eigenvalue weighted by Crippen LogP contribution is 2.35. The Morgan fingerprint density at radius 2 is 1.41 bits per heavy atom. The van der Waals surface area contributed by atoms with Crippen molar-refractivity contribution in [2.75, 3.05) is 13.1 Å². The third-order valence-electron chi connectivity index (χ3n) is 5.87. The van der Waals surface area contributed by atoms with Gasteiger partial charge in [0.15, 0.2) is 0 Å². The van der Waals surface area contributed by atoms with Crippen molar-refractivity contribution in [2.24, 2.45) is 0 Å². The average molecular weight is 355 g/mol. The second-order valence-corrected chi connectivity index (χ2v) is 7.67. The van der Waals surface area contributed by atoms with E-state index in [-0.39, 0.29) is 6.10 Å². The van der Waals surface area contributed by atoms with E-state index in [1.807, 2.05) is 0 Å². The molecule has 1 aliphatic heterocycles. The van der Waals surface area contributed by atoms with Crippen LogP contribution in [-0.2, 0) is 12.8 Å². The van der Waals surface area contributed by atoms with Gasteiger partial charge in [0.1, 0.15) is 11.9 Å². The number of nitrogens with zero attached hydrogens (tertiary/aromatic N) is 1. The summed E-state index contributed by atoms with van der Waals surface area (Å²) in [5, 5.41) is 0. The van der Waals surface area contributed by atoms with E-state index in [4.69, 9.17) is 4.74 Å². The van der Waals surface area contributed by atoms with E-state index in [9.17, 15) is 0 Å². The number of aryl methyl sites for hydroxylation is 1. The molecule has 1 heterocycles. The smallest absolute Gasteiger partial charge is 0.124 e. The SMILES string of the molecule is c1ccc(C(c2ccccc2)N2CC(Oc3cccc4c3CCC4)C2)cc1. The molecule has 0 aromatic heterocycles. The molecule has 2 heteroatoms. The van der Waals surface area contributed by atoms with Crippen molar-refractivity contribution >= 4 is 0 Å². The molecule has 0 atom stereocenters. The molecule has 1 aliphatic carbocycles. The predicted octanol–water partition coefficient (Wildman–Crippen LogP) is 5.03. The highest BCUT2D eigenvalue weighted by atomic mass is 16.5. The van der Waals surface area contributed by atoms with Gasteiger partial charge in [-0.1, -0.05) is 72.8 Å². The van der Waals surface area contributed by atoms with Crippen LogP contribution >= 0.6 is 0 Å². The summed E-state index contributed by atoms with van der Waals surface area (Å²) < 4.78 is 6.40. The van der Waals surface area contributed by atoms with Crippen LogP contribution < -0.4 is 4.74 Å². The Morgan fingerprint density at radius 3 is 2.07 bits per heavy atom. The number of rotatable bonds is 5. The van der Waals surface area contributed by atoms with Crippen LogP contribution in [0.25, 0.3) is 0 Å². The maximum atomic E-state index is 6.40. The van der Waals surface area contributed by atoms with Gasteiger partial charge in [-0.05, 0) is 47.6 Å². The van der Waals surface area contributed by atoms with Gasteiger partial charge in [0.2, 0.25) is 0 Å². The van der Waals surface area contributed by atoms with Crippen LogP contribution in [0.1, 0.15) is 34.7 Å². The Balaban J connectivity index is 1.33. The Labute approximate surface area is 161 Å². The first kappa shape index (κ1) is 16.6. The zero-order chi connectivity index (χ0) is 18.1. The molecule has 27 heavy (non-hydrogen) atoms. The summed E-state index contributed by atoms with van der Waals surface area (Å²) in [7, 11) is 0. The summed E-state index contributed by atoms with van der Waals surface area (Å²) >= 11 is 0. The molecule has 2 aliphatic rings. The molecule has 0 amide bonds. The van der Waals surface area contributed by atoms with Gasteiger partial charge in [0.05, 0.1) is 6.04 Å². The fourth-order valence-corrected chi connectivity index (χ4v) is 4.51. The zero-order valence-corrected chi connectivity index (χ0v) is 15.6. The highest BCUT2D eigenvalue weighted by molar-refractivity contribution is 5.43. The average Bonchev–Trinajstić information content (AvgIpc) is 3.18. The summed E-state index contributed by atoms with van der Waals surface area (Å²) in [6.07, 6.45) is 3.91. The standard InChI is InChI=1S/C25H25NO/c1-3-9-20(10-4-1)25(21-11-5-2-6-12-21)26-17-22(18-26)27-24-16-8-14-19-13-7-15-23(19)24/h1-6,8-12,14,16,22,25H,7,13,15,17-18H2. The summed E-state index contributed by atoms with van der Waals surface area (Å²) in [4.78, 5) is 2.53. The maximum Gasteiger partial charge on any atom is 0.124 e. The molecule has 1 saturated heterocycles. The molecule has 0 bridgehead atoms. The van der Waals surface area contributed by atoms with Gasteiger partial charge >= 0.3 is 0 Å². The van der Waals surface area contributed by atoms with Crippen molar-refractivity contribution in [2.45, 2.75) is 31.4 Å². The van der Waals surface area contributed by atoms with Gasteiger partial charge in [-0.25, -0.2) is 0 Å². The van der Waals surface area contributed by atoms with Crippen molar-refractivity contribution in [3.63, 3.8) is 0 Å². The summed E-state index contributed by atoms with van der Waals surface area (Å²) in [6.45, 7) is 1.94. The van der Waals surface area contributed by atoms with Gasteiger partial charge in [-0.15, -0.1) is 0 Å². The first-order chi connectivity index (χ1) is 13.4. The van der Waals surface area contributed by atoms with Crippen molar-refractivity contribution in [1.82, 2.24) is 4.90 Å². The minimum atomic E-state index is 0.284. The molecule has 0 spiro atoms. The van der Waals surface area contributed by atoms with Crippen LogP contribution in [-0.4, -0.2) is 24.1 Å². The zero-order valence-electron chi connectivity index (χ0n) is 15.6. The van der Waals surface area contributed by atoms with Crippen LogP contribution in [0, 0.1) is 0 Å². The summed E-state index contributed by atoms with van der Waals surface area (Å²) in [6, 6.07) is 28.5. The van der Waals surface area contributed by atoms with E-state index < -0.39 is 0 Å². The molecule has 0 saturated carbocycles. The molecule has 3 aromatic rings. The normalized spacial score (nSPS) is 16.9. The van der Waals surface area contributed by atoms with E-state index in [1.165, 1.54) is 41.5 Å². The third kappa shape index (κ3) is 3.26. The molecule has 1 fully saturated rings.